The zero-order chi connectivity index (χ0) is 13.8. The van der Waals surface area contributed by atoms with Gasteiger partial charge in [0.2, 0.25) is 0 Å². The Kier molecular flexibility index (Phi) is 4.56. The smallest absolute Gasteiger partial charge is 0.0600 e. The molecule has 2 fully saturated rings. The van der Waals surface area contributed by atoms with Crippen molar-refractivity contribution in [3.8, 4) is 0 Å². The second kappa shape index (κ2) is 6.57. The van der Waals surface area contributed by atoms with Gasteiger partial charge in [0.15, 0.2) is 0 Å². The van der Waals surface area contributed by atoms with Gasteiger partial charge in [-0.3, -0.25) is 4.98 Å². The topological polar surface area (TPSA) is 28.2 Å². The molecular formula is C17H27N3. The highest BCUT2D eigenvalue weighted by atomic mass is 15.2. The molecule has 3 nitrogen and oxygen atoms in total. The fraction of sp³-hybridized carbons (Fsp3) is 0.706. The van der Waals surface area contributed by atoms with Crippen molar-refractivity contribution in [3.63, 3.8) is 0 Å². The minimum Gasteiger partial charge on any atom is -0.367 e. The maximum absolute atomic E-state index is 4.40. The van der Waals surface area contributed by atoms with Crippen LogP contribution in [0.15, 0.2) is 18.5 Å². The summed E-state index contributed by atoms with van der Waals surface area (Å²) in [6.07, 6.45) is 12.4. The third kappa shape index (κ3) is 2.83. The van der Waals surface area contributed by atoms with Gasteiger partial charge < -0.3 is 10.2 Å². The Hall–Kier alpha value is -1.09. The van der Waals surface area contributed by atoms with E-state index in [1.165, 1.54) is 56.3 Å². The van der Waals surface area contributed by atoms with Crippen LogP contribution in [0.1, 0.15) is 51.0 Å². The highest BCUT2D eigenvalue weighted by molar-refractivity contribution is 5.53. The summed E-state index contributed by atoms with van der Waals surface area (Å²) in [5.74, 6) is 0.921. The van der Waals surface area contributed by atoms with E-state index in [0.29, 0.717) is 0 Å². The molecule has 2 atom stereocenters. The molecule has 2 unspecified atom stereocenters. The first kappa shape index (κ1) is 13.9. The van der Waals surface area contributed by atoms with E-state index in [4.69, 9.17) is 0 Å². The van der Waals surface area contributed by atoms with Gasteiger partial charge in [-0.2, -0.15) is 0 Å². The number of nitrogens with zero attached hydrogens (tertiary/aromatic N) is 2. The van der Waals surface area contributed by atoms with E-state index in [1.807, 2.05) is 6.20 Å². The number of nitrogens with one attached hydrogen (secondary N) is 1. The molecular weight excluding hydrogens is 246 g/mol. The molecule has 2 aliphatic rings. The van der Waals surface area contributed by atoms with Gasteiger partial charge in [0.1, 0.15) is 0 Å². The SMILES string of the molecule is CCNCc1ccncc1N1CCCC2CCCCC21. The van der Waals surface area contributed by atoms with Crippen LogP contribution in [0.2, 0.25) is 0 Å². The summed E-state index contributed by atoms with van der Waals surface area (Å²) in [4.78, 5) is 7.07. The first-order valence-electron chi connectivity index (χ1n) is 8.30. The Morgan fingerprint density at radius 3 is 3.00 bits per heavy atom. The molecule has 2 heterocycles. The van der Waals surface area contributed by atoms with E-state index in [9.17, 15) is 0 Å². The van der Waals surface area contributed by atoms with Gasteiger partial charge in [-0.1, -0.05) is 19.8 Å². The Balaban J connectivity index is 1.83. The lowest BCUT2D eigenvalue weighted by Gasteiger charge is -2.46. The standard InChI is InChI=1S/C17H27N3/c1-2-18-12-15-9-10-19-13-17(15)20-11-5-7-14-6-3-4-8-16(14)20/h9-10,13-14,16,18H,2-8,11-12H2,1H3. The van der Waals surface area contributed by atoms with Crippen molar-refractivity contribution >= 4 is 5.69 Å². The molecule has 3 rings (SSSR count). The highest BCUT2D eigenvalue weighted by Crippen LogP contribution is 2.38. The predicted molar refractivity (Wildman–Crippen MR) is 83.9 cm³/mol. The zero-order valence-electron chi connectivity index (χ0n) is 12.6. The van der Waals surface area contributed by atoms with Crippen LogP contribution in [0.5, 0.6) is 0 Å². The predicted octanol–water partition coefficient (Wildman–Crippen LogP) is 3.35. The second-order valence-electron chi connectivity index (χ2n) is 6.23. The summed E-state index contributed by atoms with van der Waals surface area (Å²) in [5, 5.41) is 3.46. The third-order valence-corrected chi connectivity index (χ3v) is 5.01. The van der Waals surface area contributed by atoms with Crippen molar-refractivity contribution in [3.05, 3.63) is 24.0 Å². The summed E-state index contributed by atoms with van der Waals surface area (Å²) in [6, 6.07) is 2.95. The normalized spacial score (nSPS) is 26.4. The molecule has 110 valence electrons. The van der Waals surface area contributed by atoms with Gasteiger partial charge in [0.25, 0.3) is 0 Å². The Morgan fingerprint density at radius 2 is 2.10 bits per heavy atom. The maximum Gasteiger partial charge on any atom is 0.0600 e. The van der Waals surface area contributed by atoms with Crippen LogP contribution in [0.25, 0.3) is 0 Å². The molecule has 0 bridgehead atoms. The van der Waals surface area contributed by atoms with E-state index in [1.54, 1.807) is 0 Å². The van der Waals surface area contributed by atoms with Crippen molar-refractivity contribution in [2.75, 3.05) is 18.0 Å². The number of hydrogen-bond acceptors (Lipinski definition) is 3. The van der Waals surface area contributed by atoms with Gasteiger partial charge in [0, 0.05) is 25.3 Å². The first-order chi connectivity index (χ1) is 9.90. The molecule has 0 spiro atoms. The molecule has 0 radical (unpaired) electrons. The van der Waals surface area contributed by atoms with Crippen molar-refractivity contribution < 1.29 is 0 Å². The van der Waals surface area contributed by atoms with E-state index in [0.717, 1.165) is 25.0 Å². The van der Waals surface area contributed by atoms with Crippen LogP contribution in [-0.4, -0.2) is 24.1 Å². The Bertz CT molecular complexity index is 430. The molecule has 1 aromatic heterocycles. The average Bonchev–Trinajstić information content (AvgIpc) is 2.53. The number of pyridine rings is 1. The first-order valence-corrected chi connectivity index (χ1v) is 8.30. The molecule has 1 aromatic rings. The molecule has 1 saturated carbocycles. The Labute approximate surface area is 122 Å². The molecule has 0 amide bonds. The van der Waals surface area contributed by atoms with Gasteiger partial charge in [-0.05, 0) is 49.8 Å². The summed E-state index contributed by atoms with van der Waals surface area (Å²) >= 11 is 0. The lowest BCUT2D eigenvalue weighted by molar-refractivity contribution is 0.243. The quantitative estimate of drug-likeness (QED) is 0.912. The van der Waals surface area contributed by atoms with E-state index in [2.05, 4.69) is 34.4 Å². The summed E-state index contributed by atoms with van der Waals surface area (Å²) in [6.45, 7) is 5.36. The molecule has 1 N–H and O–H groups in total. The molecule has 1 aliphatic carbocycles. The van der Waals surface area contributed by atoms with Crippen molar-refractivity contribution in [2.24, 2.45) is 5.92 Å². The van der Waals surface area contributed by atoms with E-state index in [-0.39, 0.29) is 0 Å². The maximum atomic E-state index is 4.40. The van der Waals surface area contributed by atoms with Crippen LogP contribution in [0.4, 0.5) is 5.69 Å². The third-order valence-electron chi connectivity index (χ3n) is 5.01. The van der Waals surface area contributed by atoms with E-state index >= 15 is 0 Å². The van der Waals surface area contributed by atoms with Gasteiger partial charge in [-0.25, -0.2) is 0 Å². The minimum atomic E-state index is 0.766. The number of rotatable bonds is 4. The largest absolute Gasteiger partial charge is 0.367 e. The van der Waals surface area contributed by atoms with Gasteiger partial charge in [-0.15, -0.1) is 0 Å². The van der Waals surface area contributed by atoms with Gasteiger partial charge >= 0.3 is 0 Å². The van der Waals surface area contributed by atoms with Crippen LogP contribution >= 0.6 is 0 Å². The molecule has 20 heavy (non-hydrogen) atoms. The lowest BCUT2D eigenvalue weighted by atomic mass is 9.78. The number of anilines is 1. The van der Waals surface area contributed by atoms with Gasteiger partial charge in [0.05, 0.1) is 11.9 Å². The average molecular weight is 273 g/mol. The van der Waals surface area contributed by atoms with Crippen LogP contribution in [0, 0.1) is 5.92 Å². The summed E-state index contributed by atoms with van der Waals surface area (Å²) in [5.41, 5.74) is 2.79. The second-order valence-corrected chi connectivity index (χ2v) is 6.23. The molecule has 3 heteroatoms. The summed E-state index contributed by atoms with van der Waals surface area (Å²) in [7, 11) is 0. The highest BCUT2D eigenvalue weighted by Gasteiger charge is 2.33. The van der Waals surface area contributed by atoms with Crippen LogP contribution in [-0.2, 0) is 6.54 Å². The number of hydrogen-bond donors (Lipinski definition) is 1. The summed E-state index contributed by atoms with van der Waals surface area (Å²) < 4.78 is 0. The lowest BCUT2D eigenvalue weighted by Crippen LogP contribution is -2.47. The Morgan fingerprint density at radius 1 is 1.25 bits per heavy atom. The monoisotopic (exact) mass is 273 g/mol. The number of aromatic nitrogens is 1. The van der Waals surface area contributed by atoms with Crippen LogP contribution < -0.4 is 10.2 Å². The van der Waals surface area contributed by atoms with Crippen molar-refractivity contribution in [1.82, 2.24) is 10.3 Å². The van der Waals surface area contributed by atoms with E-state index < -0.39 is 0 Å². The zero-order valence-corrected chi connectivity index (χ0v) is 12.6. The number of piperidine rings is 1. The fourth-order valence-corrected chi connectivity index (χ4v) is 4.01. The fourth-order valence-electron chi connectivity index (χ4n) is 4.01. The molecule has 1 saturated heterocycles. The molecule has 1 aliphatic heterocycles. The van der Waals surface area contributed by atoms with Crippen molar-refractivity contribution in [1.29, 1.82) is 0 Å². The van der Waals surface area contributed by atoms with Crippen molar-refractivity contribution in [2.45, 2.75) is 58.0 Å². The number of fused-ring (bicyclic) bond motifs is 1. The molecule has 0 aromatic carbocycles. The van der Waals surface area contributed by atoms with Crippen LogP contribution in [0.3, 0.4) is 0 Å². The minimum absolute atomic E-state index is 0.766.